The number of likely N-dealkylation sites (N-methyl/N-ethyl adjacent to an activating group) is 1. The lowest BCUT2D eigenvalue weighted by Gasteiger charge is -2.35. The maximum absolute atomic E-state index is 13.9. The number of hydrogen-bond donors (Lipinski definition) is 1. The average Bonchev–Trinajstić information content (AvgIpc) is 3.12. The van der Waals surface area contributed by atoms with E-state index in [4.69, 9.17) is 5.11 Å². The molecule has 10 heteroatoms. The molecule has 1 aromatic carbocycles. The number of sulfonamides is 1. The lowest BCUT2D eigenvalue weighted by atomic mass is 10.1. The van der Waals surface area contributed by atoms with Gasteiger partial charge in [-0.25, -0.2) is 17.5 Å². The van der Waals surface area contributed by atoms with Crippen LogP contribution in [0.1, 0.15) is 12.8 Å². The molecule has 0 radical (unpaired) electrons. The van der Waals surface area contributed by atoms with Gasteiger partial charge in [0, 0.05) is 19.1 Å². The minimum Gasteiger partial charge on any atom is -0.480 e. The summed E-state index contributed by atoms with van der Waals surface area (Å²) in [6.07, 6.45) is 3.61. The molecule has 1 aliphatic heterocycles. The van der Waals surface area contributed by atoms with Gasteiger partial charge in [-0.15, -0.1) is 0 Å². The van der Waals surface area contributed by atoms with Crippen molar-refractivity contribution in [2.24, 2.45) is 0 Å². The van der Waals surface area contributed by atoms with Crippen molar-refractivity contribution >= 4 is 16.0 Å². The number of para-hydroxylation sites is 1. The number of aliphatic carboxylic acids is 1. The standard InChI is InChI=1S/C17H21FN4O4S/c1-20(12-17(23)24)13-6-8-21(9-7-13)27(25,26)14-10-19-22(11-14)16-5-3-2-4-15(16)18/h2-5,10-11,13H,6-9,12H2,1H3,(H,23,24). The van der Waals surface area contributed by atoms with Crippen molar-refractivity contribution < 1.29 is 22.7 Å². The van der Waals surface area contributed by atoms with Crippen LogP contribution >= 0.6 is 0 Å². The first kappa shape index (κ1) is 19.5. The number of nitrogens with zero attached hydrogens (tertiary/aromatic N) is 4. The largest absolute Gasteiger partial charge is 0.480 e. The Hall–Kier alpha value is -2.30. The van der Waals surface area contributed by atoms with Crippen molar-refractivity contribution in [3.05, 3.63) is 42.5 Å². The highest BCUT2D eigenvalue weighted by molar-refractivity contribution is 7.89. The van der Waals surface area contributed by atoms with Crippen LogP contribution in [0.5, 0.6) is 0 Å². The highest BCUT2D eigenvalue weighted by Crippen LogP contribution is 2.23. The van der Waals surface area contributed by atoms with E-state index >= 15 is 0 Å². The van der Waals surface area contributed by atoms with Gasteiger partial charge in [0.05, 0.1) is 18.9 Å². The molecule has 0 unspecified atom stereocenters. The number of aromatic nitrogens is 2. The summed E-state index contributed by atoms with van der Waals surface area (Å²) in [5.74, 6) is -1.40. The Balaban J connectivity index is 1.71. The number of carboxylic acid groups (broad SMARTS) is 1. The van der Waals surface area contributed by atoms with Gasteiger partial charge in [0.25, 0.3) is 0 Å². The fourth-order valence-electron chi connectivity index (χ4n) is 3.22. The fraction of sp³-hybridized carbons (Fsp3) is 0.412. The van der Waals surface area contributed by atoms with Crippen LogP contribution in [0.15, 0.2) is 41.6 Å². The smallest absolute Gasteiger partial charge is 0.317 e. The van der Waals surface area contributed by atoms with Crippen LogP contribution in [0.25, 0.3) is 5.69 Å². The van der Waals surface area contributed by atoms with E-state index in [-0.39, 0.29) is 23.2 Å². The molecule has 3 rings (SSSR count). The lowest BCUT2D eigenvalue weighted by molar-refractivity contribution is -0.138. The third kappa shape index (κ3) is 4.18. The summed E-state index contributed by atoms with van der Waals surface area (Å²) in [5.41, 5.74) is 0.174. The molecule has 0 amide bonds. The number of rotatable bonds is 6. The third-order valence-corrected chi connectivity index (χ3v) is 6.58. The number of benzene rings is 1. The van der Waals surface area contributed by atoms with Crippen molar-refractivity contribution in [1.82, 2.24) is 19.0 Å². The highest BCUT2D eigenvalue weighted by Gasteiger charge is 2.32. The Morgan fingerprint density at radius 3 is 2.63 bits per heavy atom. The van der Waals surface area contributed by atoms with Gasteiger partial charge < -0.3 is 5.11 Å². The normalized spacial score (nSPS) is 16.7. The molecule has 0 spiro atoms. The molecule has 8 nitrogen and oxygen atoms in total. The highest BCUT2D eigenvalue weighted by atomic mass is 32.2. The van der Waals surface area contributed by atoms with E-state index in [1.807, 2.05) is 0 Å². The Kier molecular flexibility index (Phi) is 5.59. The fourth-order valence-corrected chi connectivity index (χ4v) is 4.63. The molecule has 0 saturated carbocycles. The predicted molar refractivity (Wildman–Crippen MR) is 95.6 cm³/mol. The van der Waals surface area contributed by atoms with Gasteiger partial charge in [-0.1, -0.05) is 12.1 Å². The molecule has 1 N–H and O–H groups in total. The maximum atomic E-state index is 13.9. The van der Waals surface area contributed by atoms with E-state index in [0.29, 0.717) is 25.9 Å². The van der Waals surface area contributed by atoms with Crippen molar-refractivity contribution in [2.45, 2.75) is 23.8 Å². The average molecular weight is 396 g/mol. The first-order chi connectivity index (χ1) is 12.8. The second-order valence-electron chi connectivity index (χ2n) is 6.52. The van der Waals surface area contributed by atoms with Crippen LogP contribution in [0, 0.1) is 5.82 Å². The van der Waals surface area contributed by atoms with E-state index in [1.54, 1.807) is 24.1 Å². The van der Waals surface area contributed by atoms with Gasteiger partial charge in [-0.05, 0) is 32.0 Å². The molecule has 2 aromatic rings. The molecule has 1 saturated heterocycles. The summed E-state index contributed by atoms with van der Waals surface area (Å²) in [5, 5.41) is 12.9. The van der Waals surface area contributed by atoms with E-state index in [9.17, 15) is 17.6 Å². The van der Waals surface area contributed by atoms with Gasteiger partial charge in [0.1, 0.15) is 16.4 Å². The summed E-state index contributed by atoms with van der Waals surface area (Å²) in [6.45, 7) is 0.510. The van der Waals surface area contributed by atoms with Crippen LogP contribution < -0.4 is 0 Å². The summed E-state index contributed by atoms with van der Waals surface area (Å²) < 4.78 is 42.1. The van der Waals surface area contributed by atoms with Crippen LogP contribution in [0.2, 0.25) is 0 Å². The zero-order valence-electron chi connectivity index (χ0n) is 14.8. The van der Waals surface area contributed by atoms with Gasteiger partial charge >= 0.3 is 5.97 Å². The molecule has 0 atom stereocenters. The molecule has 1 aromatic heterocycles. The topological polar surface area (TPSA) is 95.7 Å². The monoisotopic (exact) mass is 396 g/mol. The Morgan fingerprint density at radius 1 is 1.33 bits per heavy atom. The van der Waals surface area contributed by atoms with E-state index in [2.05, 4.69) is 5.10 Å². The molecule has 0 bridgehead atoms. The Labute approximate surface area is 156 Å². The molecule has 0 aliphatic carbocycles. The summed E-state index contributed by atoms with van der Waals surface area (Å²) in [7, 11) is -2.02. The Bertz CT molecular complexity index is 923. The molecule has 2 heterocycles. The van der Waals surface area contributed by atoms with E-state index in [1.165, 1.54) is 33.5 Å². The zero-order chi connectivity index (χ0) is 19.6. The summed E-state index contributed by atoms with van der Waals surface area (Å²) in [4.78, 5) is 12.5. The minimum absolute atomic E-state index is 0.00286. The van der Waals surface area contributed by atoms with Gasteiger partial charge in [-0.3, -0.25) is 9.69 Å². The second kappa shape index (κ2) is 7.75. The van der Waals surface area contributed by atoms with Crippen LogP contribution in [0.3, 0.4) is 0 Å². The lowest BCUT2D eigenvalue weighted by Crippen LogP contribution is -2.46. The summed E-state index contributed by atoms with van der Waals surface area (Å²) in [6, 6.07) is 6.01. The maximum Gasteiger partial charge on any atom is 0.317 e. The second-order valence-corrected chi connectivity index (χ2v) is 8.45. The number of hydrogen-bond acceptors (Lipinski definition) is 5. The summed E-state index contributed by atoms with van der Waals surface area (Å²) >= 11 is 0. The molecular weight excluding hydrogens is 375 g/mol. The molecular formula is C17H21FN4O4S. The molecule has 1 aliphatic rings. The van der Waals surface area contributed by atoms with E-state index in [0.717, 1.165) is 0 Å². The van der Waals surface area contributed by atoms with Gasteiger partial charge in [-0.2, -0.15) is 9.40 Å². The Morgan fingerprint density at radius 2 is 2.00 bits per heavy atom. The van der Waals surface area contributed by atoms with Gasteiger partial charge in [0.15, 0.2) is 0 Å². The number of piperidine rings is 1. The third-order valence-electron chi connectivity index (χ3n) is 4.73. The van der Waals surface area contributed by atoms with E-state index < -0.39 is 21.8 Å². The van der Waals surface area contributed by atoms with Gasteiger partial charge in [0.2, 0.25) is 10.0 Å². The van der Waals surface area contributed by atoms with Crippen molar-refractivity contribution in [3.63, 3.8) is 0 Å². The quantitative estimate of drug-likeness (QED) is 0.788. The van der Waals surface area contributed by atoms with Crippen molar-refractivity contribution in [3.8, 4) is 5.69 Å². The SMILES string of the molecule is CN(CC(=O)O)C1CCN(S(=O)(=O)c2cnn(-c3ccccc3F)c2)CC1. The number of halogens is 1. The zero-order valence-corrected chi connectivity index (χ0v) is 15.6. The number of carboxylic acids is 1. The van der Waals surface area contributed by atoms with Crippen LogP contribution in [-0.4, -0.2) is 71.2 Å². The van der Waals surface area contributed by atoms with Crippen LogP contribution in [0.4, 0.5) is 4.39 Å². The number of carbonyl (C=O) groups is 1. The first-order valence-electron chi connectivity index (χ1n) is 8.51. The predicted octanol–water partition coefficient (Wildman–Crippen LogP) is 1.18. The van der Waals surface area contributed by atoms with Crippen LogP contribution in [-0.2, 0) is 14.8 Å². The van der Waals surface area contributed by atoms with Crippen molar-refractivity contribution in [1.29, 1.82) is 0 Å². The minimum atomic E-state index is -3.74. The van der Waals surface area contributed by atoms with Crippen molar-refractivity contribution in [2.75, 3.05) is 26.7 Å². The molecule has 1 fully saturated rings. The molecule has 146 valence electrons. The first-order valence-corrected chi connectivity index (χ1v) is 9.95. The molecule has 27 heavy (non-hydrogen) atoms.